The van der Waals surface area contributed by atoms with Gasteiger partial charge in [-0.05, 0) is 38.3 Å². The summed E-state index contributed by atoms with van der Waals surface area (Å²) in [5.74, 6) is 0.315. The van der Waals surface area contributed by atoms with Gasteiger partial charge in [0.25, 0.3) is 0 Å². The van der Waals surface area contributed by atoms with E-state index in [0.717, 1.165) is 50.6 Å². The topological polar surface area (TPSA) is 71.5 Å². The summed E-state index contributed by atoms with van der Waals surface area (Å²) in [5.41, 5.74) is 9.91. The Kier molecular flexibility index (Phi) is 4.81. The number of aliphatic imine (C=N–C) groups is 1. The van der Waals surface area contributed by atoms with Crippen molar-refractivity contribution in [3.63, 3.8) is 0 Å². The van der Waals surface area contributed by atoms with Gasteiger partial charge in [-0.25, -0.2) is 4.99 Å². The van der Waals surface area contributed by atoms with Crippen molar-refractivity contribution in [1.29, 1.82) is 0 Å². The monoisotopic (exact) mass is 314 g/mol. The van der Waals surface area contributed by atoms with Crippen LogP contribution in [-0.2, 0) is 13.0 Å². The van der Waals surface area contributed by atoms with Crippen molar-refractivity contribution in [2.75, 3.05) is 26.2 Å². The summed E-state index contributed by atoms with van der Waals surface area (Å²) in [5, 5.41) is 8.09. The summed E-state index contributed by atoms with van der Waals surface area (Å²) in [6, 6.07) is 2.14. The summed E-state index contributed by atoms with van der Waals surface area (Å²) in [4.78, 5) is 6.79. The molecule has 1 aromatic heterocycles. The number of nitrogens with one attached hydrogen (secondary N) is 1. The molecule has 0 spiro atoms. The second-order valence-electron chi connectivity index (χ2n) is 6.21. The van der Waals surface area contributed by atoms with Gasteiger partial charge in [0.15, 0.2) is 0 Å². The van der Waals surface area contributed by atoms with Crippen LogP contribution in [0.3, 0.4) is 0 Å². The molecule has 1 saturated heterocycles. The van der Waals surface area contributed by atoms with Crippen molar-refractivity contribution in [1.82, 2.24) is 20.0 Å². The second kappa shape index (κ2) is 7.00. The fourth-order valence-corrected chi connectivity index (χ4v) is 3.17. The highest BCUT2D eigenvalue weighted by Crippen LogP contribution is 2.17. The Hall–Kier alpha value is -2.08. The van der Waals surface area contributed by atoms with E-state index in [2.05, 4.69) is 45.5 Å². The van der Waals surface area contributed by atoms with Crippen molar-refractivity contribution in [2.45, 2.75) is 32.7 Å². The molecule has 1 aromatic rings. The lowest BCUT2D eigenvalue weighted by molar-refractivity contribution is 0.300. The molecular formula is C17H26N6. The minimum atomic E-state index is 0.315. The van der Waals surface area contributed by atoms with Gasteiger partial charge in [-0.2, -0.15) is 5.10 Å². The molecule has 0 atom stereocenters. The van der Waals surface area contributed by atoms with Gasteiger partial charge in [0.1, 0.15) is 11.5 Å². The fourth-order valence-electron chi connectivity index (χ4n) is 3.17. The number of allylic oxidation sites excluding steroid dienone is 2. The van der Waals surface area contributed by atoms with E-state index < -0.39 is 0 Å². The lowest BCUT2D eigenvalue weighted by Gasteiger charge is -2.30. The zero-order valence-corrected chi connectivity index (χ0v) is 13.9. The number of aryl methyl sites for hydroxylation is 2. The van der Waals surface area contributed by atoms with E-state index in [9.17, 15) is 0 Å². The first-order valence-electron chi connectivity index (χ1n) is 8.37. The summed E-state index contributed by atoms with van der Waals surface area (Å²) < 4.78 is 2.10. The van der Waals surface area contributed by atoms with E-state index in [1.807, 2.05) is 0 Å². The Bertz CT molecular complexity index is 610. The molecule has 0 unspecified atom stereocenters. The zero-order valence-electron chi connectivity index (χ0n) is 13.9. The number of nitrogens with zero attached hydrogens (tertiary/aromatic N) is 4. The van der Waals surface area contributed by atoms with Gasteiger partial charge in [-0.15, -0.1) is 0 Å². The first kappa shape index (κ1) is 15.8. The van der Waals surface area contributed by atoms with Gasteiger partial charge in [-0.3, -0.25) is 4.68 Å². The first-order valence-corrected chi connectivity index (χ1v) is 8.37. The molecule has 2 aliphatic heterocycles. The zero-order chi connectivity index (χ0) is 16.2. The average Bonchev–Trinajstić information content (AvgIpc) is 2.98. The Morgan fingerprint density at radius 2 is 2.13 bits per heavy atom. The van der Waals surface area contributed by atoms with E-state index in [1.165, 1.54) is 24.2 Å². The van der Waals surface area contributed by atoms with Gasteiger partial charge >= 0.3 is 0 Å². The van der Waals surface area contributed by atoms with Gasteiger partial charge < -0.3 is 16.0 Å². The molecule has 3 N–H and O–H groups in total. The molecule has 2 aliphatic rings. The number of aromatic nitrogens is 2. The summed E-state index contributed by atoms with van der Waals surface area (Å²) in [6.45, 7) is 10.9. The minimum Gasteiger partial charge on any atom is -0.384 e. The van der Waals surface area contributed by atoms with Crippen molar-refractivity contribution >= 4 is 5.71 Å². The third-order valence-electron chi connectivity index (χ3n) is 4.40. The normalized spacial score (nSPS) is 19.6. The van der Waals surface area contributed by atoms with Crippen LogP contribution in [0.4, 0.5) is 0 Å². The molecule has 0 aliphatic carbocycles. The maximum absolute atomic E-state index is 5.74. The highest BCUT2D eigenvalue weighted by molar-refractivity contribution is 6.08. The van der Waals surface area contributed by atoms with Crippen LogP contribution in [0, 0.1) is 0 Å². The number of nitrogens with two attached hydrogens (primary N) is 1. The van der Waals surface area contributed by atoms with Crippen molar-refractivity contribution in [3.8, 4) is 0 Å². The first-order chi connectivity index (χ1) is 11.1. The quantitative estimate of drug-likeness (QED) is 0.821. The van der Waals surface area contributed by atoms with Crippen LogP contribution in [0.15, 0.2) is 35.2 Å². The SMILES string of the molecule is C=C(N)/N=C(\C=C(/C)N1CCNCC1)c1cc2n(n1)CCCC2. The minimum absolute atomic E-state index is 0.315. The Morgan fingerprint density at radius 1 is 1.35 bits per heavy atom. The van der Waals surface area contributed by atoms with Crippen molar-refractivity contribution < 1.29 is 0 Å². The van der Waals surface area contributed by atoms with Gasteiger partial charge in [0.2, 0.25) is 0 Å². The summed E-state index contributed by atoms with van der Waals surface area (Å²) in [6.07, 6.45) is 5.60. The third kappa shape index (κ3) is 3.82. The Labute approximate surface area is 137 Å². The van der Waals surface area contributed by atoms with Crippen LogP contribution in [0.2, 0.25) is 0 Å². The molecule has 6 nitrogen and oxygen atoms in total. The lowest BCUT2D eigenvalue weighted by atomic mass is 10.1. The van der Waals surface area contributed by atoms with Crippen LogP contribution in [0.5, 0.6) is 0 Å². The highest BCUT2D eigenvalue weighted by atomic mass is 15.3. The largest absolute Gasteiger partial charge is 0.384 e. The summed E-state index contributed by atoms with van der Waals surface area (Å²) >= 11 is 0. The standard InChI is InChI=1S/C17H26N6/c1-13(22-9-6-19-7-10-22)11-16(20-14(2)18)17-12-15-5-3-4-8-23(15)21-17/h11-12,19H,2-10,18H2,1H3/b13-11+,20-16+. The molecule has 0 amide bonds. The summed E-state index contributed by atoms with van der Waals surface area (Å²) in [7, 11) is 0. The Balaban J connectivity index is 1.88. The highest BCUT2D eigenvalue weighted by Gasteiger charge is 2.16. The number of hydrogen-bond acceptors (Lipinski definition) is 5. The van der Waals surface area contributed by atoms with Crippen molar-refractivity contribution in [3.05, 3.63) is 41.6 Å². The van der Waals surface area contributed by atoms with Gasteiger partial charge in [0.05, 0.1) is 5.71 Å². The Morgan fingerprint density at radius 3 is 2.83 bits per heavy atom. The number of hydrogen-bond donors (Lipinski definition) is 2. The van der Waals surface area contributed by atoms with Gasteiger partial charge in [-0.1, -0.05) is 6.58 Å². The van der Waals surface area contributed by atoms with Crippen molar-refractivity contribution in [2.24, 2.45) is 10.7 Å². The smallest absolute Gasteiger partial charge is 0.116 e. The number of fused-ring (bicyclic) bond motifs is 1. The molecule has 23 heavy (non-hydrogen) atoms. The molecular weight excluding hydrogens is 288 g/mol. The molecule has 0 saturated carbocycles. The van der Waals surface area contributed by atoms with E-state index in [0.29, 0.717) is 5.82 Å². The molecule has 0 bridgehead atoms. The van der Waals surface area contributed by atoms with E-state index in [-0.39, 0.29) is 0 Å². The molecule has 3 heterocycles. The second-order valence-corrected chi connectivity index (χ2v) is 6.21. The van der Waals surface area contributed by atoms with Crippen LogP contribution in [0.25, 0.3) is 0 Å². The van der Waals surface area contributed by atoms with Crippen LogP contribution in [-0.4, -0.2) is 46.6 Å². The maximum Gasteiger partial charge on any atom is 0.116 e. The predicted octanol–water partition coefficient (Wildman–Crippen LogP) is 1.25. The van der Waals surface area contributed by atoms with E-state index >= 15 is 0 Å². The predicted molar refractivity (Wildman–Crippen MR) is 93.2 cm³/mol. The molecule has 6 heteroatoms. The number of rotatable bonds is 4. The lowest BCUT2D eigenvalue weighted by Crippen LogP contribution is -2.42. The molecule has 0 aromatic carbocycles. The number of piperazine rings is 1. The third-order valence-corrected chi connectivity index (χ3v) is 4.40. The molecule has 3 rings (SSSR count). The average molecular weight is 314 g/mol. The molecule has 124 valence electrons. The van der Waals surface area contributed by atoms with E-state index in [1.54, 1.807) is 0 Å². The van der Waals surface area contributed by atoms with Gasteiger partial charge in [0, 0.05) is 44.1 Å². The van der Waals surface area contributed by atoms with E-state index in [4.69, 9.17) is 10.8 Å². The van der Waals surface area contributed by atoms with Crippen LogP contribution >= 0.6 is 0 Å². The molecule has 1 fully saturated rings. The van der Waals surface area contributed by atoms with Crippen LogP contribution in [0.1, 0.15) is 31.2 Å². The molecule has 0 radical (unpaired) electrons. The van der Waals surface area contributed by atoms with Crippen LogP contribution < -0.4 is 11.1 Å². The maximum atomic E-state index is 5.74. The fraction of sp³-hybridized carbons (Fsp3) is 0.529.